The predicted octanol–water partition coefficient (Wildman–Crippen LogP) is 2.33. The van der Waals surface area contributed by atoms with E-state index in [1.54, 1.807) is 0 Å². The van der Waals surface area contributed by atoms with Crippen LogP contribution in [0.4, 0.5) is 10.1 Å². The molecule has 1 saturated carbocycles. The fraction of sp³-hybridized carbons (Fsp3) is 0.526. The van der Waals surface area contributed by atoms with Crippen molar-refractivity contribution in [2.45, 2.75) is 44.6 Å². The molecule has 1 heterocycles. The van der Waals surface area contributed by atoms with Crippen molar-refractivity contribution in [3.8, 4) is 0 Å². The summed E-state index contributed by atoms with van der Waals surface area (Å²) in [5.74, 6) is -2.82. The van der Waals surface area contributed by atoms with Gasteiger partial charge in [0, 0.05) is 12.2 Å². The van der Waals surface area contributed by atoms with Crippen LogP contribution in [-0.2, 0) is 14.4 Å². The lowest BCUT2D eigenvalue weighted by atomic mass is 9.77. The van der Waals surface area contributed by atoms with Crippen LogP contribution in [0.15, 0.2) is 24.3 Å². The van der Waals surface area contributed by atoms with Gasteiger partial charge < -0.3 is 15.3 Å². The average Bonchev–Trinajstić information content (AvgIpc) is 2.99. The predicted molar refractivity (Wildman–Crippen MR) is 93.0 cm³/mol. The third kappa shape index (κ3) is 3.43. The zero-order chi connectivity index (χ0) is 18.9. The lowest BCUT2D eigenvalue weighted by Crippen LogP contribution is -2.58. The van der Waals surface area contributed by atoms with Crippen LogP contribution in [0.2, 0.25) is 0 Å². The summed E-state index contributed by atoms with van der Waals surface area (Å²) in [4.78, 5) is 38.5. The Kier molecular flexibility index (Phi) is 4.98. The van der Waals surface area contributed by atoms with Crippen molar-refractivity contribution >= 4 is 23.5 Å². The molecule has 1 aliphatic carbocycles. The molecule has 1 saturated heterocycles. The fourth-order valence-corrected chi connectivity index (χ4v) is 3.77. The van der Waals surface area contributed by atoms with Crippen LogP contribution in [0.25, 0.3) is 0 Å². The number of carboxylic acid groups (broad SMARTS) is 1. The van der Waals surface area contributed by atoms with Crippen molar-refractivity contribution < 1.29 is 23.9 Å². The number of nitrogens with zero attached hydrogens (tertiary/aromatic N) is 1. The highest BCUT2D eigenvalue weighted by molar-refractivity contribution is 6.10. The van der Waals surface area contributed by atoms with Gasteiger partial charge in [0.25, 0.3) is 0 Å². The number of carboxylic acids is 1. The zero-order valence-electron chi connectivity index (χ0n) is 14.7. The van der Waals surface area contributed by atoms with E-state index in [1.807, 2.05) is 0 Å². The monoisotopic (exact) mass is 362 g/mol. The van der Waals surface area contributed by atoms with Gasteiger partial charge >= 0.3 is 5.97 Å². The minimum absolute atomic E-state index is 0.314. The van der Waals surface area contributed by atoms with Crippen LogP contribution >= 0.6 is 0 Å². The second-order valence-corrected chi connectivity index (χ2v) is 7.37. The summed E-state index contributed by atoms with van der Waals surface area (Å²) in [6, 6.07) is 5.51. The normalized spacial score (nSPS) is 28.8. The Bertz CT molecular complexity index is 711. The van der Waals surface area contributed by atoms with Gasteiger partial charge in [-0.2, -0.15) is 0 Å². The molecule has 2 amide bonds. The van der Waals surface area contributed by atoms with Gasteiger partial charge in [0.1, 0.15) is 17.3 Å². The molecule has 2 fully saturated rings. The smallest absolute Gasteiger partial charge is 0.329 e. The second-order valence-electron chi connectivity index (χ2n) is 7.37. The molecule has 2 aliphatic rings. The molecule has 0 aromatic heterocycles. The van der Waals surface area contributed by atoms with Crippen molar-refractivity contribution in [2.24, 2.45) is 11.8 Å². The summed E-state index contributed by atoms with van der Waals surface area (Å²) < 4.78 is 13.1. The molecular weight excluding hydrogens is 339 g/mol. The van der Waals surface area contributed by atoms with Crippen LogP contribution in [0.3, 0.4) is 0 Å². The summed E-state index contributed by atoms with van der Waals surface area (Å²) in [6.07, 6.45) is 2.52. The Morgan fingerprint density at radius 1 is 1.19 bits per heavy atom. The van der Waals surface area contributed by atoms with Crippen LogP contribution in [0.1, 0.15) is 39.0 Å². The number of hydrogen-bond donors (Lipinski definition) is 2. The van der Waals surface area contributed by atoms with E-state index in [4.69, 9.17) is 0 Å². The number of amides is 2. The van der Waals surface area contributed by atoms with Crippen LogP contribution in [-0.4, -0.2) is 35.0 Å². The Balaban J connectivity index is 1.71. The average molecular weight is 362 g/mol. The maximum atomic E-state index is 13.1. The van der Waals surface area contributed by atoms with Crippen molar-refractivity contribution in [3.05, 3.63) is 30.1 Å². The first-order valence-electron chi connectivity index (χ1n) is 8.95. The van der Waals surface area contributed by atoms with Gasteiger partial charge in [-0.05, 0) is 62.3 Å². The topological polar surface area (TPSA) is 86.7 Å². The fourth-order valence-electron chi connectivity index (χ4n) is 3.77. The largest absolute Gasteiger partial charge is 0.480 e. The SMILES string of the molecule is CC1CCC(NC(=O)C2CCN(c3ccc(F)cc3)C2=O)(C(=O)O)CC1. The lowest BCUT2D eigenvalue weighted by Gasteiger charge is -2.37. The van der Waals surface area contributed by atoms with Crippen LogP contribution in [0, 0.1) is 17.7 Å². The summed E-state index contributed by atoms with van der Waals surface area (Å²) in [5.41, 5.74) is -0.751. The Labute approximate surface area is 151 Å². The van der Waals surface area contributed by atoms with Gasteiger partial charge in [0.2, 0.25) is 11.8 Å². The highest BCUT2D eigenvalue weighted by atomic mass is 19.1. The van der Waals surface area contributed by atoms with Crippen molar-refractivity contribution in [1.82, 2.24) is 5.32 Å². The molecule has 0 radical (unpaired) electrons. The second kappa shape index (κ2) is 7.05. The van der Waals surface area contributed by atoms with Gasteiger partial charge in [0.15, 0.2) is 0 Å². The van der Waals surface area contributed by atoms with E-state index in [2.05, 4.69) is 12.2 Å². The molecule has 140 valence electrons. The molecule has 0 bridgehead atoms. The van der Waals surface area contributed by atoms with Crippen molar-refractivity contribution in [2.75, 3.05) is 11.4 Å². The number of rotatable bonds is 4. The van der Waals surface area contributed by atoms with Crippen molar-refractivity contribution in [1.29, 1.82) is 0 Å². The van der Waals surface area contributed by atoms with E-state index < -0.39 is 29.2 Å². The maximum absolute atomic E-state index is 13.1. The number of carbonyl (C=O) groups excluding carboxylic acids is 2. The standard InChI is InChI=1S/C19H23FN2O4/c1-12-6-9-19(10-7-12,18(25)26)21-16(23)15-8-11-22(17(15)24)14-4-2-13(20)3-5-14/h2-5,12,15H,6-11H2,1H3,(H,21,23)(H,25,26). The molecule has 1 unspecified atom stereocenters. The molecule has 1 aromatic rings. The lowest BCUT2D eigenvalue weighted by molar-refractivity contribution is -0.151. The van der Waals surface area contributed by atoms with Crippen LogP contribution < -0.4 is 10.2 Å². The van der Waals surface area contributed by atoms with Gasteiger partial charge in [-0.1, -0.05) is 6.92 Å². The van der Waals surface area contributed by atoms with E-state index in [-0.39, 0.29) is 5.91 Å². The molecule has 0 spiro atoms. The quantitative estimate of drug-likeness (QED) is 0.805. The molecule has 7 heteroatoms. The highest BCUT2D eigenvalue weighted by Gasteiger charge is 2.46. The summed E-state index contributed by atoms with van der Waals surface area (Å²) >= 11 is 0. The molecule has 26 heavy (non-hydrogen) atoms. The van der Waals surface area contributed by atoms with E-state index in [1.165, 1.54) is 29.2 Å². The molecule has 1 aliphatic heterocycles. The highest BCUT2D eigenvalue weighted by Crippen LogP contribution is 2.33. The van der Waals surface area contributed by atoms with Crippen molar-refractivity contribution in [3.63, 3.8) is 0 Å². The van der Waals surface area contributed by atoms with E-state index in [9.17, 15) is 23.9 Å². The number of hydrogen-bond acceptors (Lipinski definition) is 3. The van der Waals surface area contributed by atoms with Gasteiger partial charge in [0.05, 0.1) is 0 Å². The number of aliphatic carboxylic acids is 1. The molecule has 3 rings (SSSR count). The Morgan fingerprint density at radius 2 is 1.81 bits per heavy atom. The van der Waals surface area contributed by atoms with Gasteiger partial charge in [-0.15, -0.1) is 0 Å². The van der Waals surface area contributed by atoms with E-state index in [0.29, 0.717) is 37.4 Å². The molecular formula is C19H23FN2O4. The summed E-state index contributed by atoms with van der Waals surface area (Å²) in [6.45, 7) is 2.41. The minimum atomic E-state index is -1.28. The van der Waals surface area contributed by atoms with E-state index in [0.717, 1.165) is 12.8 Å². The molecule has 1 aromatic carbocycles. The number of carbonyl (C=O) groups is 3. The number of nitrogens with one attached hydrogen (secondary N) is 1. The number of anilines is 1. The van der Waals surface area contributed by atoms with Crippen LogP contribution in [0.5, 0.6) is 0 Å². The molecule has 6 nitrogen and oxygen atoms in total. The maximum Gasteiger partial charge on any atom is 0.329 e. The first kappa shape index (κ1) is 18.4. The Morgan fingerprint density at radius 3 is 2.38 bits per heavy atom. The van der Waals surface area contributed by atoms with Gasteiger partial charge in [-0.3, -0.25) is 9.59 Å². The third-order valence-corrected chi connectivity index (χ3v) is 5.56. The summed E-state index contributed by atoms with van der Waals surface area (Å²) in [5, 5.41) is 12.3. The number of halogens is 1. The minimum Gasteiger partial charge on any atom is -0.480 e. The number of benzene rings is 1. The van der Waals surface area contributed by atoms with Gasteiger partial charge in [-0.25, -0.2) is 9.18 Å². The Hall–Kier alpha value is -2.44. The molecule has 2 N–H and O–H groups in total. The zero-order valence-corrected chi connectivity index (χ0v) is 14.7. The third-order valence-electron chi connectivity index (χ3n) is 5.56. The first-order chi connectivity index (χ1) is 12.3. The van der Waals surface area contributed by atoms with E-state index >= 15 is 0 Å². The summed E-state index contributed by atoms with van der Waals surface area (Å²) in [7, 11) is 0. The first-order valence-corrected chi connectivity index (χ1v) is 8.95. The molecule has 1 atom stereocenters.